The second-order valence-electron chi connectivity index (χ2n) is 6.57. The van der Waals surface area contributed by atoms with Crippen molar-refractivity contribution in [1.29, 1.82) is 0 Å². The lowest BCUT2D eigenvalue weighted by Gasteiger charge is -2.31. The summed E-state index contributed by atoms with van der Waals surface area (Å²) in [5.74, 6) is 0.272. The van der Waals surface area contributed by atoms with Crippen LogP contribution in [0, 0.1) is 5.92 Å². The van der Waals surface area contributed by atoms with Crippen molar-refractivity contribution in [2.75, 3.05) is 6.54 Å². The molecule has 26 heavy (non-hydrogen) atoms. The minimum Gasteiger partial charge on any atom is -0.358 e. The second kappa shape index (κ2) is 7.22. The Hall–Kier alpha value is -2.17. The third-order valence-corrected chi connectivity index (χ3v) is 5.73. The molecule has 2 atom stereocenters. The molecule has 2 aromatic carbocycles. The van der Waals surface area contributed by atoms with Crippen LogP contribution < -0.4 is 5.32 Å². The number of halogens is 1. The van der Waals surface area contributed by atoms with Gasteiger partial charge in [-0.2, -0.15) is 5.10 Å². The minimum absolute atomic E-state index is 0.0110. The van der Waals surface area contributed by atoms with Gasteiger partial charge >= 0.3 is 0 Å². The molecule has 0 amide bonds. The molecule has 0 bridgehead atoms. The summed E-state index contributed by atoms with van der Waals surface area (Å²) in [7, 11) is 0. The molecule has 132 valence electrons. The molecule has 4 rings (SSSR count). The van der Waals surface area contributed by atoms with Crippen molar-refractivity contribution in [2.24, 2.45) is 11.0 Å². The lowest BCUT2D eigenvalue weighted by atomic mass is 9.77. The summed E-state index contributed by atoms with van der Waals surface area (Å²) in [5, 5.41) is 11.5. The zero-order valence-corrected chi connectivity index (χ0v) is 15.9. The molecule has 1 heterocycles. The maximum atomic E-state index is 6.55. The Morgan fingerprint density at radius 1 is 1.27 bits per heavy atom. The van der Waals surface area contributed by atoms with E-state index in [-0.39, 0.29) is 12.0 Å². The van der Waals surface area contributed by atoms with E-state index in [0.29, 0.717) is 11.7 Å². The highest BCUT2D eigenvalue weighted by molar-refractivity contribution is 7.80. The number of benzene rings is 2. The van der Waals surface area contributed by atoms with Crippen molar-refractivity contribution in [3.05, 3.63) is 82.9 Å². The fourth-order valence-electron chi connectivity index (χ4n) is 3.90. The Bertz CT molecular complexity index is 892. The zero-order chi connectivity index (χ0) is 18.1. The lowest BCUT2D eigenvalue weighted by Crippen LogP contribution is -2.38. The van der Waals surface area contributed by atoms with Crippen molar-refractivity contribution in [2.45, 2.75) is 18.9 Å². The first-order valence-corrected chi connectivity index (χ1v) is 9.58. The fourth-order valence-corrected chi connectivity index (χ4v) is 4.38. The number of hydrogen-bond donors (Lipinski definition) is 1. The summed E-state index contributed by atoms with van der Waals surface area (Å²) < 4.78 is 0. The summed E-state index contributed by atoms with van der Waals surface area (Å²) in [6.07, 6.45) is 3.87. The number of hydrogen-bond acceptors (Lipinski definition) is 2. The summed E-state index contributed by atoms with van der Waals surface area (Å²) in [6, 6.07) is 16.5. The maximum absolute atomic E-state index is 6.55. The molecule has 0 radical (unpaired) electrons. The van der Waals surface area contributed by atoms with Crippen molar-refractivity contribution in [3.63, 3.8) is 0 Å². The van der Waals surface area contributed by atoms with Crippen LogP contribution in [0.4, 0.5) is 0 Å². The smallest absolute Gasteiger partial charge is 0.190 e. The third-order valence-electron chi connectivity index (χ3n) is 5.06. The van der Waals surface area contributed by atoms with Gasteiger partial charge in [0, 0.05) is 23.0 Å². The fraction of sp³-hybridized carbons (Fsp3) is 0.238. The van der Waals surface area contributed by atoms with Crippen LogP contribution in [0.5, 0.6) is 0 Å². The molecular formula is C21H20ClN3S. The van der Waals surface area contributed by atoms with E-state index < -0.39 is 0 Å². The summed E-state index contributed by atoms with van der Waals surface area (Å²) in [6.45, 7) is 4.36. The summed E-state index contributed by atoms with van der Waals surface area (Å²) in [4.78, 5) is 0. The highest BCUT2D eigenvalue weighted by atomic mass is 35.5. The number of rotatable bonds is 3. The van der Waals surface area contributed by atoms with Crippen molar-refractivity contribution >= 4 is 34.6 Å². The SMILES string of the molecule is C=CCNC(=S)N1N=C2c3ccccc3CC[C@H]2[C@@H]1c1ccccc1Cl. The van der Waals surface area contributed by atoms with Gasteiger partial charge < -0.3 is 5.32 Å². The molecule has 0 unspecified atom stereocenters. The van der Waals surface area contributed by atoms with Crippen LogP contribution >= 0.6 is 23.8 Å². The van der Waals surface area contributed by atoms with Crippen molar-refractivity contribution in [3.8, 4) is 0 Å². The molecule has 0 saturated heterocycles. The van der Waals surface area contributed by atoms with E-state index in [9.17, 15) is 0 Å². The Morgan fingerprint density at radius 3 is 2.85 bits per heavy atom. The predicted molar refractivity (Wildman–Crippen MR) is 112 cm³/mol. The van der Waals surface area contributed by atoms with Gasteiger partial charge in [0.05, 0.1) is 11.8 Å². The first-order chi connectivity index (χ1) is 12.7. The van der Waals surface area contributed by atoms with Gasteiger partial charge in [-0.1, -0.05) is 60.1 Å². The van der Waals surface area contributed by atoms with Crippen LogP contribution in [0.2, 0.25) is 5.02 Å². The van der Waals surface area contributed by atoms with Crippen molar-refractivity contribution < 1.29 is 0 Å². The normalized spacial score (nSPS) is 20.8. The van der Waals surface area contributed by atoms with E-state index in [0.717, 1.165) is 29.1 Å². The Morgan fingerprint density at radius 2 is 2.04 bits per heavy atom. The summed E-state index contributed by atoms with van der Waals surface area (Å²) in [5.41, 5.74) is 4.77. The van der Waals surface area contributed by atoms with Gasteiger partial charge in [-0.25, -0.2) is 5.01 Å². The third kappa shape index (κ3) is 2.93. The van der Waals surface area contributed by atoms with Crippen LogP contribution in [0.15, 0.2) is 66.3 Å². The molecular weight excluding hydrogens is 362 g/mol. The molecule has 1 aliphatic heterocycles. The zero-order valence-electron chi connectivity index (χ0n) is 14.4. The van der Waals surface area contributed by atoms with Crippen LogP contribution in [-0.4, -0.2) is 22.4 Å². The van der Waals surface area contributed by atoms with Crippen LogP contribution in [0.1, 0.15) is 29.2 Å². The van der Waals surface area contributed by atoms with Gasteiger partial charge in [-0.15, -0.1) is 6.58 Å². The number of fused-ring (bicyclic) bond motifs is 3. The minimum atomic E-state index is 0.0110. The van der Waals surface area contributed by atoms with E-state index in [1.165, 1.54) is 11.1 Å². The highest BCUT2D eigenvalue weighted by Gasteiger charge is 2.43. The maximum Gasteiger partial charge on any atom is 0.190 e. The Labute approximate surface area is 164 Å². The van der Waals surface area contributed by atoms with E-state index in [4.69, 9.17) is 28.9 Å². The lowest BCUT2D eigenvalue weighted by molar-refractivity contribution is 0.304. The topological polar surface area (TPSA) is 27.6 Å². The molecule has 2 aliphatic rings. The predicted octanol–water partition coefficient (Wildman–Crippen LogP) is 4.72. The molecule has 5 heteroatoms. The van der Waals surface area contributed by atoms with Gasteiger partial charge in [0.1, 0.15) is 0 Å². The van der Waals surface area contributed by atoms with Crippen LogP contribution in [0.25, 0.3) is 0 Å². The van der Waals surface area contributed by atoms with Gasteiger partial charge in [-0.05, 0) is 42.3 Å². The van der Waals surface area contributed by atoms with Gasteiger partial charge in [-0.3, -0.25) is 0 Å². The molecule has 2 aromatic rings. The average Bonchev–Trinajstić information content (AvgIpc) is 3.06. The number of nitrogens with one attached hydrogen (secondary N) is 1. The van der Waals surface area contributed by atoms with Crippen molar-refractivity contribution in [1.82, 2.24) is 10.3 Å². The van der Waals surface area contributed by atoms with Crippen LogP contribution in [0.3, 0.4) is 0 Å². The first-order valence-electron chi connectivity index (χ1n) is 8.80. The first kappa shape index (κ1) is 17.3. The molecule has 0 saturated carbocycles. The number of hydrazone groups is 1. The van der Waals surface area contributed by atoms with E-state index in [1.807, 2.05) is 23.2 Å². The molecule has 3 nitrogen and oxygen atoms in total. The van der Waals surface area contributed by atoms with Gasteiger partial charge in [0.2, 0.25) is 0 Å². The Balaban J connectivity index is 1.79. The Kier molecular flexibility index (Phi) is 4.79. The number of nitrogens with zero attached hydrogens (tertiary/aromatic N) is 2. The monoisotopic (exact) mass is 381 g/mol. The molecule has 0 fully saturated rings. The number of thiocarbonyl (C=S) groups is 1. The van der Waals surface area contributed by atoms with E-state index >= 15 is 0 Å². The van der Waals surface area contributed by atoms with Gasteiger partial charge in [0.25, 0.3) is 0 Å². The summed E-state index contributed by atoms with van der Waals surface area (Å²) >= 11 is 12.2. The number of aryl methyl sites for hydroxylation is 1. The standard InChI is InChI=1S/C21H20ClN3S/c1-2-13-23-21(26)25-20(16-9-5-6-10-18(16)22)17-12-11-14-7-3-4-8-15(14)19(17)24-25/h2-10,17,20H,1,11-13H2,(H,23,26)/t17-,20+/m1/s1. The largest absolute Gasteiger partial charge is 0.358 e. The molecule has 0 spiro atoms. The van der Waals surface area contributed by atoms with E-state index in [1.54, 1.807) is 6.08 Å². The van der Waals surface area contributed by atoms with E-state index in [2.05, 4.69) is 42.2 Å². The molecule has 1 N–H and O–H groups in total. The average molecular weight is 382 g/mol. The quantitative estimate of drug-likeness (QED) is 0.615. The van der Waals surface area contributed by atoms with Gasteiger partial charge in [0.15, 0.2) is 5.11 Å². The molecule has 1 aliphatic carbocycles. The molecule has 0 aromatic heterocycles. The van der Waals surface area contributed by atoms with Crippen LogP contribution in [-0.2, 0) is 6.42 Å². The second-order valence-corrected chi connectivity index (χ2v) is 7.37. The highest BCUT2D eigenvalue weighted by Crippen LogP contribution is 2.45.